The van der Waals surface area contributed by atoms with Gasteiger partial charge in [-0.15, -0.1) is 6.58 Å². The van der Waals surface area contributed by atoms with Gasteiger partial charge in [-0.2, -0.15) is 0 Å². The molecule has 0 saturated heterocycles. The van der Waals surface area contributed by atoms with Crippen LogP contribution >= 0.6 is 0 Å². The van der Waals surface area contributed by atoms with Crippen molar-refractivity contribution in [1.82, 2.24) is 0 Å². The van der Waals surface area contributed by atoms with Crippen LogP contribution in [-0.4, -0.2) is 18.4 Å². The van der Waals surface area contributed by atoms with Gasteiger partial charge in [-0.3, -0.25) is 0 Å². The second kappa shape index (κ2) is 7.86. The first kappa shape index (κ1) is 12.2. The van der Waals surface area contributed by atoms with Crippen LogP contribution in [0.3, 0.4) is 0 Å². The van der Waals surface area contributed by atoms with Crippen molar-refractivity contribution in [2.45, 2.75) is 6.42 Å². The largest absolute Gasteiger partial charge is 0.505 e. The van der Waals surface area contributed by atoms with Gasteiger partial charge >= 0.3 is 6.16 Å². The lowest BCUT2D eigenvalue weighted by molar-refractivity contribution is 0.114. The highest BCUT2D eigenvalue weighted by Crippen LogP contribution is 1.98. The maximum atomic E-state index is 9.15. The highest BCUT2D eigenvalue weighted by molar-refractivity contribution is 5.56. The minimum Gasteiger partial charge on any atom is -0.450 e. The van der Waals surface area contributed by atoms with Crippen LogP contribution in [0.4, 0.5) is 4.79 Å². The molecule has 1 rings (SSSR count). The SMILES string of the molecule is C=CCc1ccccc1.COC(=O)O. The van der Waals surface area contributed by atoms with Crippen molar-refractivity contribution in [3.8, 4) is 0 Å². The minimum absolute atomic E-state index is 0.973. The Labute approximate surface area is 83.6 Å². The Morgan fingerprint density at radius 2 is 2.00 bits per heavy atom. The van der Waals surface area contributed by atoms with Gasteiger partial charge in [-0.05, 0) is 12.0 Å². The smallest absolute Gasteiger partial charge is 0.450 e. The van der Waals surface area contributed by atoms with E-state index in [1.807, 2.05) is 24.3 Å². The number of methoxy groups -OCH3 is 1. The predicted octanol–water partition coefficient (Wildman–Crippen LogP) is 2.73. The number of rotatable bonds is 2. The fraction of sp³-hybridized carbons (Fsp3) is 0.182. The summed E-state index contributed by atoms with van der Waals surface area (Å²) in [6.45, 7) is 3.66. The summed E-state index contributed by atoms with van der Waals surface area (Å²) in [6, 6.07) is 10.3. The van der Waals surface area contributed by atoms with E-state index in [2.05, 4.69) is 23.4 Å². The molecule has 3 heteroatoms. The highest BCUT2D eigenvalue weighted by Gasteiger charge is 1.82. The van der Waals surface area contributed by atoms with Gasteiger partial charge < -0.3 is 9.84 Å². The van der Waals surface area contributed by atoms with E-state index >= 15 is 0 Å². The summed E-state index contributed by atoms with van der Waals surface area (Å²) in [5.41, 5.74) is 1.33. The van der Waals surface area contributed by atoms with E-state index < -0.39 is 6.16 Å². The zero-order valence-corrected chi connectivity index (χ0v) is 8.14. The van der Waals surface area contributed by atoms with E-state index in [-0.39, 0.29) is 0 Å². The van der Waals surface area contributed by atoms with Crippen LogP contribution in [0.2, 0.25) is 0 Å². The number of ether oxygens (including phenoxy) is 1. The number of hydrogen-bond acceptors (Lipinski definition) is 2. The summed E-state index contributed by atoms with van der Waals surface area (Å²) in [7, 11) is 1.10. The van der Waals surface area contributed by atoms with Crippen LogP contribution in [0.15, 0.2) is 43.0 Å². The lowest BCUT2D eigenvalue weighted by atomic mass is 10.2. The van der Waals surface area contributed by atoms with Crippen LogP contribution in [-0.2, 0) is 11.2 Å². The number of carbonyl (C=O) groups is 1. The first-order chi connectivity index (χ1) is 6.70. The average Bonchev–Trinajstić information content (AvgIpc) is 2.21. The van der Waals surface area contributed by atoms with Crippen molar-refractivity contribution in [3.63, 3.8) is 0 Å². The third-order valence-electron chi connectivity index (χ3n) is 1.40. The normalized spacial score (nSPS) is 8.07. The molecule has 0 fully saturated rings. The maximum Gasteiger partial charge on any atom is 0.505 e. The molecule has 14 heavy (non-hydrogen) atoms. The topological polar surface area (TPSA) is 46.5 Å². The van der Waals surface area contributed by atoms with Crippen molar-refractivity contribution in [3.05, 3.63) is 48.6 Å². The van der Waals surface area contributed by atoms with E-state index in [1.54, 1.807) is 0 Å². The minimum atomic E-state index is -1.25. The summed E-state index contributed by atoms with van der Waals surface area (Å²) in [5.74, 6) is 0. The molecule has 0 saturated carbocycles. The Morgan fingerprint density at radius 1 is 1.50 bits per heavy atom. The molecular weight excluding hydrogens is 180 g/mol. The van der Waals surface area contributed by atoms with Gasteiger partial charge in [-0.25, -0.2) is 4.79 Å². The second-order valence-corrected chi connectivity index (χ2v) is 2.45. The first-order valence-electron chi connectivity index (χ1n) is 4.12. The molecule has 1 N–H and O–H groups in total. The van der Waals surface area contributed by atoms with Gasteiger partial charge in [0.2, 0.25) is 0 Å². The maximum absolute atomic E-state index is 9.15. The summed E-state index contributed by atoms with van der Waals surface area (Å²) in [6.07, 6.45) is 1.64. The molecule has 3 nitrogen and oxygen atoms in total. The zero-order valence-electron chi connectivity index (χ0n) is 8.14. The number of carboxylic acid groups (broad SMARTS) is 1. The Kier molecular flexibility index (Phi) is 6.86. The first-order valence-corrected chi connectivity index (χ1v) is 4.12. The van der Waals surface area contributed by atoms with Gasteiger partial charge in [0.1, 0.15) is 0 Å². The second-order valence-electron chi connectivity index (χ2n) is 2.45. The molecule has 1 aromatic carbocycles. The van der Waals surface area contributed by atoms with Crippen LogP contribution in [0, 0.1) is 0 Å². The van der Waals surface area contributed by atoms with E-state index in [4.69, 9.17) is 9.90 Å². The molecule has 0 aliphatic carbocycles. The van der Waals surface area contributed by atoms with E-state index in [9.17, 15) is 0 Å². The van der Waals surface area contributed by atoms with Gasteiger partial charge in [0.05, 0.1) is 7.11 Å². The van der Waals surface area contributed by atoms with Gasteiger partial charge in [0, 0.05) is 0 Å². The van der Waals surface area contributed by atoms with Crippen molar-refractivity contribution < 1.29 is 14.6 Å². The highest BCUT2D eigenvalue weighted by atomic mass is 16.6. The Bertz CT molecular complexity index is 267. The molecule has 0 amide bonds. The van der Waals surface area contributed by atoms with E-state index in [0.717, 1.165) is 13.5 Å². The fourth-order valence-electron chi connectivity index (χ4n) is 0.781. The molecule has 0 radical (unpaired) electrons. The average molecular weight is 194 g/mol. The lowest BCUT2D eigenvalue weighted by Crippen LogP contribution is -1.91. The van der Waals surface area contributed by atoms with Gasteiger partial charge in [0.15, 0.2) is 0 Å². The van der Waals surface area contributed by atoms with Crippen molar-refractivity contribution in [1.29, 1.82) is 0 Å². The number of benzene rings is 1. The molecule has 0 unspecified atom stereocenters. The summed E-state index contributed by atoms with van der Waals surface area (Å²) in [4.78, 5) is 9.15. The molecule has 1 aromatic rings. The molecule has 76 valence electrons. The van der Waals surface area contributed by atoms with E-state index in [0.29, 0.717) is 0 Å². The third-order valence-corrected chi connectivity index (χ3v) is 1.40. The molecule has 0 atom stereocenters. The third kappa shape index (κ3) is 6.91. The lowest BCUT2D eigenvalue weighted by Gasteiger charge is -1.91. The summed E-state index contributed by atoms with van der Waals surface area (Å²) < 4.78 is 3.67. The van der Waals surface area contributed by atoms with Crippen LogP contribution in [0.1, 0.15) is 5.56 Å². The van der Waals surface area contributed by atoms with Crippen molar-refractivity contribution in [2.24, 2.45) is 0 Å². The molecular formula is C11H14O3. The van der Waals surface area contributed by atoms with Crippen LogP contribution in [0.5, 0.6) is 0 Å². The standard InChI is InChI=1S/C9H10.C2H4O3/c1-2-6-9-7-4-3-5-8-9;1-5-2(3)4/h2-5,7-8H,1,6H2;1H3,(H,3,4). The monoisotopic (exact) mass is 194 g/mol. The number of allylic oxidation sites excluding steroid dienone is 1. The van der Waals surface area contributed by atoms with Gasteiger partial charge in [-0.1, -0.05) is 36.4 Å². The molecule has 0 aromatic heterocycles. The molecule has 0 bridgehead atoms. The van der Waals surface area contributed by atoms with Crippen LogP contribution in [0.25, 0.3) is 0 Å². The number of hydrogen-bond donors (Lipinski definition) is 1. The van der Waals surface area contributed by atoms with Crippen molar-refractivity contribution in [2.75, 3.05) is 7.11 Å². The van der Waals surface area contributed by atoms with E-state index in [1.165, 1.54) is 5.56 Å². The predicted molar refractivity (Wildman–Crippen MR) is 55.4 cm³/mol. The molecule has 0 aliphatic rings. The zero-order chi connectivity index (χ0) is 10.8. The Balaban J connectivity index is 0.000000292. The van der Waals surface area contributed by atoms with Crippen LogP contribution < -0.4 is 0 Å². The summed E-state index contributed by atoms with van der Waals surface area (Å²) in [5, 5.41) is 7.50. The quantitative estimate of drug-likeness (QED) is 0.581. The Morgan fingerprint density at radius 3 is 2.36 bits per heavy atom. The van der Waals surface area contributed by atoms with Crippen molar-refractivity contribution >= 4 is 6.16 Å². The summed E-state index contributed by atoms with van der Waals surface area (Å²) >= 11 is 0. The fourth-order valence-corrected chi connectivity index (χ4v) is 0.781. The Hall–Kier alpha value is -1.77. The van der Waals surface area contributed by atoms with Gasteiger partial charge in [0.25, 0.3) is 0 Å². The molecule has 0 heterocycles. The molecule has 0 aliphatic heterocycles. The molecule has 0 spiro atoms.